The van der Waals surface area contributed by atoms with Gasteiger partial charge in [-0.15, -0.1) is 0 Å². The van der Waals surface area contributed by atoms with Crippen LogP contribution in [0.5, 0.6) is 0 Å². The van der Waals surface area contributed by atoms with E-state index in [4.69, 9.17) is 5.11 Å². The highest BCUT2D eigenvalue weighted by molar-refractivity contribution is 8.14. The second kappa shape index (κ2) is 8.09. The predicted molar refractivity (Wildman–Crippen MR) is 99.9 cm³/mol. The van der Waals surface area contributed by atoms with Crippen molar-refractivity contribution in [2.45, 2.75) is 6.42 Å². The topological polar surface area (TPSA) is 52.9 Å². The first-order chi connectivity index (χ1) is 12.2. The molecule has 0 saturated heterocycles. The maximum atomic E-state index is 13.2. The van der Waals surface area contributed by atoms with Crippen LogP contribution in [-0.4, -0.2) is 28.5 Å². The van der Waals surface area contributed by atoms with Gasteiger partial charge in [-0.2, -0.15) is 0 Å². The lowest BCUT2D eigenvalue weighted by molar-refractivity contribution is -0.113. The summed E-state index contributed by atoms with van der Waals surface area (Å²) in [6, 6.07) is 15.2. The molecule has 0 unspecified atom stereocenters. The van der Waals surface area contributed by atoms with E-state index in [-0.39, 0.29) is 18.3 Å². The highest BCUT2D eigenvalue weighted by Crippen LogP contribution is 2.29. The van der Waals surface area contributed by atoms with Crippen LogP contribution in [0.2, 0.25) is 0 Å². The lowest BCUT2D eigenvalue weighted by Gasteiger charge is -2.17. The highest BCUT2D eigenvalue weighted by atomic mass is 32.2. The summed E-state index contributed by atoms with van der Waals surface area (Å²) < 4.78 is 13.2. The number of amidine groups is 1. The number of carbonyl (C=O) groups excluding carboxylic acids is 1. The van der Waals surface area contributed by atoms with E-state index in [0.717, 1.165) is 5.56 Å². The molecule has 0 aromatic heterocycles. The van der Waals surface area contributed by atoms with Crippen LogP contribution in [0, 0.1) is 5.82 Å². The molecule has 0 aliphatic carbocycles. The number of amides is 1. The number of aliphatic hydroxyl groups excluding tert-OH is 1. The molecule has 2 aromatic carbocycles. The summed E-state index contributed by atoms with van der Waals surface area (Å²) in [6.07, 6.45) is 2.34. The summed E-state index contributed by atoms with van der Waals surface area (Å²) in [4.78, 5) is 18.8. The van der Waals surface area contributed by atoms with Gasteiger partial charge in [-0.1, -0.05) is 42.1 Å². The van der Waals surface area contributed by atoms with Crippen molar-refractivity contribution in [2.75, 3.05) is 17.3 Å². The SMILES string of the molecule is O=C1/C(=C\c2ccccc2)N=C(SCCCO)N1c1ccc(F)cc1. The molecule has 1 aliphatic rings. The summed E-state index contributed by atoms with van der Waals surface area (Å²) in [6.45, 7) is 0.0808. The predicted octanol–water partition coefficient (Wildman–Crippen LogP) is 3.69. The fourth-order valence-corrected chi connectivity index (χ4v) is 3.28. The molecule has 0 fully saturated rings. The Bertz CT molecular complexity index is 804. The molecule has 0 atom stereocenters. The van der Waals surface area contributed by atoms with Crippen molar-refractivity contribution in [3.8, 4) is 0 Å². The average molecular weight is 356 g/mol. The maximum absolute atomic E-state index is 13.2. The number of rotatable bonds is 5. The van der Waals surface area contributed by atoms with E-state index in [1.165, 1.54) is 28.8 Å². The maximum Gasteiger partial charge on any atom is 0.283 e. The van der Waals surface area contributed by atoms with Gasteiger partial charge < -0.3 is 5.11 Å². The summed E-state index contributed by atoms with van der Waals surface area (Å²) in [5.74, 6) is 0.0303. The zero-order valence-corrected chi connectivity index (χ0v) is 14.2. The Hall–Kier alpha value is -2.44. The van der Waals surface area contributed by atoms with E-state index < -0.39 is 0 Å². The lowest BCUT2D eigenvalue weighted by Crippen LogP contribution is -2.30. The van der Waals surface area contributed by atoms with E-state index in [1.807, 2.05) is 30.3 Å². The number of thioether (sulfide) groups is 1. The molecule has 1 heterocycles. The van der Waals surface area contributed by atoms with Gasteiger partial charge in [-0.25, -0.2) is 9.38 Å². The molecule has 128 valence electrons. The van der Waals surface area contributed by atoms with Crippen LogP contribution in [0.25, 0.3) is 6.08 Å². The van der Waals surface area contributed by atoms with Crippen LogP contribution >= 0.6 is 11.8 Å². The standard InChI is InChI=1S/C19H17FN2O2S/c20-15-7-9-16(10-8-15)22-18(24)17(13-14-5-2-1-3-6-14)21-19(22)25-12-4-11-23/h1-3,5-10,13,23H,4,11-12H2/b17-13+. The molecule has 0 saturated carbocycles. The highest BCUT2D eigenvalue weighted by Gasteiger charge is 2.31. The van der Waals surface area contributed by atoms with Crippen molar-refractivity contribution in [1.82, 2.24) is 0 Å². The van der Waals surface area contributed by atoms with Gasteiger partial charge in [-0.05, 0) is 42.3 Å². The molecule has 1 N–H and O–H groups in total. The van der Waals surface area contributed by atoms with Crippen LogP contribution in [-0.2, 0) is 4.79 Å². The van der Waals surface area contributed by atoms with Gasteiger partial charge >= 0.3 is 0 Å². The Kier molecular flexibility index (Phi) is 5.63. The summed E-state index contributed by atoms with van der Waals surface area (Å²) in [7, 11) is 0. The number of nitrogens with zero attached hydrogens (tertiary/aromatic N) is 2. The Morgan fingerprint density at radius 1 is 1.12 bits per heavy atom. The minimum absolute atomic E-state index is 0.0808. The Balaban J connectivity index is 1.92. The van der Waals surface area contributed by atoms with Crippen LogP contribution in [0.4, 0.5) is 10.1 Å². The average Bonchev–Trinajstić information content (AvgIpc) is 2.93. The number of anilines is 1. The second-order valence-electron chi connectivity index (χ2n) is 5.38. The zero-order chi connectivity index (χ0) is 17.6. The smallest absolute Gasteiger partial charge is 0.283 e. The van der Waals surface area contributed by atoms with Crippen molar-refractivity contribution < 1.29 is 14.3 Å². The van der Waals surface area contributed by atoms with Crippen molar-refractivity contribution in [1.29, 1.82) is 0 Å². The largest absolute Gasteiger partial charge is 0.396 e. The first kappa shape index (κ1) is 17.4. The molecule has 1 aliphatic heterocycles. The second-order valence-corrected chi connectivity index (χ2v) is 6.44. The van der Waals surface area contributed by atoms with Gasteiger partial charge in [0.05, 0.1) is 5.69 Å². The third-order valence-corrected chi connectivity index (χ3v) is 4.58. The Morgan fingerprint density at radius 3 is 2.52 bits per heavy atom. The number of halogens is 1. The summed E-state index contributed by atoms with van der Waals surface area (Å²) in [5.41, 5.74) is 1.79. The molecule has 3 rings (SSSR count). The molecule has 4 nitrogen and oxygen atoms in total. The third kappa shape index (κ3) is 4.15. The van der Waals surface area contributed by atoms with Crippen molar-refractivity contribution in [2.24, 2.45) is 4.99 Å². The Morgan fingerprint density at radius 2 is 1.84 bits per heavy atom. The fraction of sp³-hybridized carbons (Fsp3) is 0.158. The van der Waals surface area contributed by atoms with Crippen LogP contribution < -0.4 is 4.90 Å². The molecule has 1 amide bonds. The van der Waals surface area contributed by atoms with E-state index in [9.17, 15) is 9.18 Å². The summed E-state index contributed by atoms with van der Waals surface area (Å²) >= 11 is 1.39. The molecular weight excluding hydrogens is 339 g/mol. The van der Waals surface area contributed by atoms with Crippen molar-refractivity contribution in [3.05, 3.63) is 71.7 Å². The fourth-order valence-electron chi connectivity index (χ4n) is 2.35. The van der Waals surface area contributed by atoms with E-state index in [1.54, 1.807) is 18.2 Å². The van der Waals surface area contributed by atoms with E-state index in [0.29, 0.717) is 28.7 Å². The Labute approximate surface area is 149 Å². The normalized spacial score (nSPS) is 15.8. The number of hydrogen-bond donors (Lipinski definition) is 1. The molecular formula is C19H17FN2O2S. The van der Waals surface area contributed by atoms with Crippen molar-refractivity contribution in [3.63, 3.8) is 0 Å². The molecule has 2 aromatic rings. The van der Waals surface area contributed by atoms with Gasteiger partial charge in [0, 0.05) is 12.4 Å². The number of aliphatic imine (C=N–C) groups is 1. The third-order valence-electron chi connectivity index (χ3n) is 3.55. The zero-order valence-electron chi connectivity index (χ0n) is 13.4. The first-order valence-electron chi connectivity index (χ1n) is 7.88. The van der Waals surface area contributed by atoms with Gasteiger partial charge in [0.1, 0.15) is 11.5 Å². The van der Waals surface area contributed by atoms with E-state index in [2.05, 4.69) is 4.99 Å². The van der Waals surface area contributed by atoms with Gasteiger partial charge in [0.15, 0.2) is 5.17 Å². The van der Waals surface area contributed by atoms with Gasteiger partial charge in [0.2, 0.25) is 0 Å². The number of aliphatic hydroxyl groups is 1. The monoisotopic (exact) mass is 356 g/mol. The summed E-state index contributed by atoms with van der Waals surface area (Å²) in [5, 5.41) is 9.50. The van der Waals surface area contributed by atoms with E-state index >= 15 is 0 Å². The molecule has 6 heteroatoms. The van der Waals surface area contributed by atoms with Crippen LogP contribution in [0.1, 0.15) is 12.0 Å². The van der Waals surface area contributed by atoms with Gasteiger partial charge in [-0.3, -0.25) is 9.69 Å². The lowest BCUT2D eigenvalue weighted by atomic mass is 10.2. The van der Waals surface area contributed by atoms with Crippen molar-refractivity contribution >= 4 is 34.6 Å². The van der Waals surface area contributed by atoms with Crippen LogP contribution in [0.15, 0.2) is 65.3 Å². The minimum atomic E-state index is -0.359. The number of carbonyl (C=O) groups is 1. The first-order valence-corrected chi connectivity index (χ1v) is 8.87. The molecule has 0 spiro atoms. The van der Waals surface area contributed by atoms with Crippen LogP contribution in [0.3, 0.4) is 0 Å². The molecule has 0 radical (unpaired) electrons. The minimum Gasteiger partial charge on any atom is -0.396 e. The number of hydrogen-bond acceptors (Lipinski definition) is 4. The molecule has 25 heavy (non-hydrogen) atoms. The van der Waals surface area contributed by atoms with Gasteiger partial charge in [0.25, 0.3) is 5.91 Å². The molecule has 0 bridgehead atoms. The number of benzene rings is 2. The quantitative estimate of drug-likeness (QED) is 0.657.